The number of H-pyrrole nitrogens is 1. The summed E-state index contributed by atoms with van der Waals surface area (Å²) in [6.45, 7) is 11.0. The zero-order valence-electron chi connectivity index (χ0n) is 13.4. The molecule has 7 nitrogen and oxygen atoms in total. The fourth-order valence-corrected chi connectivity index (χ4v) is 1.92. The second-order valence-corrected chi connectivity index (χ2v) is 4.78. The van der Waals surface area contributed by atoms with Crippen molar-refractivity contribution in [1.29, 1.82) is 0 Å². The van der Waals surface area contributed by atoms with E-state index in [1.807, 2.05) is 20.8 Å². The van der Waals surface area contributed by atoms with E-state index in [0.29, 0.717) is 17.7 Å². The molecule has 0 saturated carbocycles. The van der Waals surface area contributed by atoms with Crippen LogP contribution in [0.4, 0.5) is 0 Å². The summed E-state index contributed by atoms with van der Waals surface area (Å²) < 4.78 is 0. The lowest BCUT2D eigenvalue weighted by Crippen LogP contribution is -2.34. The first kappa shape index (κ1) is 17.5. The fourth-order valence-electron chi connectivity index (χ4n) is 1.92. The van der Waals surface area contributed by atoms with E-state index in [0.717, 1.165) is 16.4 Å². The summed E-state index contributed by atoms with van der Waals surface area (Å²) in [5.41, 5.74) is 8.85. The number of carbonyl (C=O) groups excluding carboxylic acids is 1. The van der Waals surface area contributed by atoms with Crippen LogP contribution in [0.25, 0.3) is 0 Å². The average Bonchev–Trinajstić information content (AvgIpc) is 2.71. The molecule has 1 heterocycles. The molecule has 0 saturated heterocycles. The van der Waals surface area contributed by atoms with E-state index >= 15 is 0 Å². The van der Waals surface area contributed by atoms with Gasteiger partial charge in [0, 0.05) is 17.6 Å². The second kappa shape index (κ2) is 7.46. The van der Waals surface area contributed by atoms with E-state index in [-0.39, 0.29) is 11.5 Å². The van der Waals surface area contributed by atoms with Crippen LogP contribution in [0.5, 0.6) is 0 Å². The summed E-state index contributed by atoms with van der Waals surface area (Å²) in [5, 5.41) is 0.757. The van der Waals surface area contributed by atoms with Gasteiger partial charge in [-0.05, 0) is 38.8 Å². The van der Waals surface area contributed by atoms with Gasteiger partial charge in [-0.1, -0.05) is 13.5 Å². The molecule has 0 spiro atoms. The molecule has 1 rings (SSSR count). The Morgan fingerprint density at radius 3 is 2.50 bits per heavy atom. The third kappa shape index (κ3) is 3.76. The van der Waals surface area contributed by atoms with Crippen molar-refractivity contribution in [3.63, 3.8) is 0 Å². The van der Waals surface area contributed by atoms with Crippen LogP contribution in [0.1, 0.15) is 40.7 Å². The molecule has 22 heavy (non-hydrogen) atoms. The molecule has 7 heteroatoms. The molecule has 0 aliphatic carbocycles. The van der Waals surface area contributed by atoms with Crippen LogP contribution in [0.3, 0.4) is 0 Å². The van der Waals surface area contributed by atoms with Crippen LogP contribution >= 0.6 is 0 Å². The number of nitrogens with zero attached hydrogens (tertiary/aromatic N) is 2. The maximum absolute atomic E-state index is 12.3. The average molecular weight is 305 g/mol. The van der Waals surface area contributed by atoms with Gasteiger partial charge in [0.1, 0.15) is 0 Å². The highest BCUT2D eigenvalue weighted by Crippen LogP contribution is 2.19. The van der Waals surface area contributed by atoms with Crippen molar-refractivity contribution in [2.75, 3.05) is 0 Å². The molecule has 0 aliphatic heterocycles. The molecule has 0 unspecified atom stereocenters. The molecular weight excluding hydrogens is 282 g/mol. The van der Waals surface area contributed by atoms with Gasteiger partial charge in [0.2, 0.25) is 5.82 Å². The van der Waals surface area contributed by atoms with Crippen LogP contribution in [-0.4, -0.2) is 22.3 Å². The lowest BCUT2D eigenvalue weighted by Gasteiger charge is -2.18. The third-order valence-corrected chi connectivity index (χ3v) is 3.16. The number of hydroxylamine groups is 1. The Labute approximate surface area is 130 Å². The van der Waals surface area contributed by atoms with E-state index in [2.05, 4.69) is 16.6 Å². The van der Waals surface area contributed by atoms with E-state index < -0.39 is 5.97 Å². The number of aryl methyl sites for hydroxylation is 2. The summed E-state index contributed by atoms with van der Waals surface area (Å²) in [5.74, 6) is 5.30. The van der Waals surface area contributed by atoms with E-state index in [1.165, 1.54) is 6.08 Å². The molecule has 1 aromatic rings. The number of aromatic amines is 1. The molecular formula is C15H23N5O2. The third-order valence-electron chi connectivity index (χ3n) is 3.16. The number of rotatable bonds is 6. The number of hydrazine groups is 1. The van der Waals surface area contributed by atoms with Crippen LogP contribution in [-0.2, 0) is 4.84 Å². The normalized spacial score (nSPS) is 12.2. The van der Waals surface area contributed by atoms with Crippen LogP contribution in [0, 0.1) is 20.8 Å². The second-order valence-electron chi connectivity index (χ2n) is 4.78. The van der Waals surface area contributed by atoms with Gasteiger partial charge in [-0.3, -0.25) is 0 Å². The van der Waals surface area contributed by atoms with Crippen molar-refractivity contribution < 1.29 is 9.63 Å². The van der Waals surface area contributed by atoms with Gasteiger partial charge in [0.05, 0.1) is 11.3 Å². The van der Waals surface area contributed by atoms with Crippen molar-refractivity contribution in [2.24, 2.45) is 16.6 Å². The number of hydrogen-bond acceptors (Lipinski definition) is 6. The van der Waals surface area contributed by atoms with Crippen molar-refractivity contribution in [3.8, 4) is 0 Å². The first-order chi connectivity index (χ1) is 10.3. The van der Waals surface area contributed by atoms with Crippen LogP contribution < -0.4 is 11.6 Å². The SMILES string of the molecule is C=C/C(N)=C(\N=C/CC)N(N)OC(=O)c1c(C)[nH]c(C)c1C. The Morgan fingerprint density at radius 1 is 1.41 bits per heavy atom. The van der Waals surface area contributed by atoms with E-state index in [1.54, 1.807) is 13.1 Å². The highest BCUT2D eigenvalue weighted by atomic mass is 16.7. The van der Waals surface area contributed by atoms with Gasteiger partial charge in [0.25, 0.3) is 0 Å². The number of nitrogens with one attached hydrogen (secondary N) is 1. The monoisotopic (exact) mass is 305 g/mol. The zero-order valence-corrected chi connectivity index (χ0v) is 13.4. The maximum Gasteiger partial charge on any atom is 0.367 e. The first-order valence-corrected chi connectivity index (χ1v) is 6.91. The van der Waals surface area contributed by atoms with Crippen molar-refractivity contribution in [1.82, 2.24) is 10.2 Å². The molecule has 0 atom stereocenters. The lowest BCUT2D eigenvalue weighted by molar-refractivity contribution is -0.0862. The molecule has 0 bridgehead atoms. The number of allylic oxidation sites excluding steroid dienone is 1. The van der Waals surface area contributed by atoms with Gasteiger partial charge < -0.3 is 15.6 Å². The van der Waals surface area contributed by atoms with Gasteiger partial charge >= 0.3 is 5.97 Å². The summed E-state index contributed by atoms with van der Waals surface area (Å²) in [6, 6.07) is 0. The molecule has 0 fully saturated rings. The largest absolute Gasteiger partial charge is 0.396 e. The summed E-state index contributed by atoms with van der Waals surface area (Å²) in [6.07, 6.45) is 3.67. The van der Waals surface area contributed by atoms with Crippen LogP contribution in [0.2, 0.25) is 0 Å². The zero-order chi connectivity index (χ0) is 16.9. The van der Waals surface area contributed by atoms with Gasteiger partial charge in [-0.25, -0.2) is 15.6 Å². The van der Waals surface area contributed by atoms with E-state index in [4.69, 9.17) is 16.4 Å². The Balaban J connectivity index is 3.03. The van der Waals surface area contributed by atoms with Crippen LogP contribution in [0.15, 0.2) is 29.2 Å². The van der Waals surface area contributed by atoms with Crippen molar-refractivity contribution >= 4 is 12.2 Å². The molecule has 0 aliphatic rings. The standard InChI is InChI=1S/C15H23N5O2/c1-6-8-18-14(12(16)7-2)20(17)22-15(21)13-9(3)10(4)19-11(13)5/h7-8,19H,2,6,16-17H2,1,3-5H3/b14-12-,18-8-. The number of hydrogen-bond donors (Lipinski definition) is 3. The van der Waals surface area contributed by atoms with Crippen molar-refractivity contribution in [3.05, 3.63) is 46.7 Å². The number of carbonyl (C=O) groups is 1. The molecule has 0 aromatic carbocycles. The Morgan fingerprint density at radius 2 is 2.05 bits per heavy atom. The van der Waals surface area contributed by atoms with Gasteiger partial charge in [0.15, 0.2) is 0 Å². The minimum atomic E-state index is -0.581. The van der Waals surface area contributed by atoms with E-state index in [9.17, 15) is 4.79 Å². The summed E-state index contributed by atoms with van der Waals surface area (Å²) in [7, 11) is 0. The Bertz CT molecular complexity index is 628. The van der Waals surface area contributed by atoms with Gasteiger partial charge in [-0.2, -0.15) is 0 Å². The predicted octanol–water partition coefficient (Wildman–Crippen LogP) is 1.98. The minimum absolute atomic E-state index is 0.118. The molecule has 5 N–H and O–H groups in total. The topological polar surface area (TPSA) is 110 Å². The fraction of sp³-hybridized carbons (Fsp3) is 0.333. The maximum atomic E-state index is 12.3. The minimum Gasteiger partial charge on any atom is -0.396 e. The highest BCUT2D eigenvalue weighted by Gasteiger charge is 2.21. The number of nitrogens with two attached hydrogens (primary N) is 2. The Kier molecular flexibility index (Phi) is 5.94. The molecule has 0 amide bonds. The molecule has 1 aromatic heterocycles. The summed E-state index contributed by atoms with van der Waals surface area (Å²) >= 11 is 0. The highest BCUT2D eigenvalue weighted by molar-refractivity contribution is 5.92. The number of aliphatic imine (C=N–C) groups is 1. The van der Waals surface area contributed by atoms with Gasteiger partial charge in [-0.15, -0.1) is 5.17 Å². The lowest BCUT2D eigenvalue weighted by atomic mass is 10.1. The number of aromatic nitrogens is 1. The smallest absolute Gasteiger partial charge is 0.367 e. The first-order valence-electron chi connectivity index (χ1n) is 6.91. The van der Waals surface area contributed by atoms with Crippen molar-refractivity contribution in [2.45, 2.75) is 34.1 Å². The Hall–Kier alpha value is -2.54. The molecule has 120 valence electrons. The predicted molar refractivity (Wildman–Crippen MR) is 86.6 cm³/mol. The quantitative estimate of drug-likeness (QED) is 0.322. The summed E-state index contributed by atoms with van der Waals surface area (Å²) in [4.78, 5) is 24.6. The molecule has 0 radical (unpaired) electrons.